The van der Waals surface area contributed by atoms with E-state index in [1.54, 1.807) is 0 Å². The highest BCUT2D eigenvalue weighted by atomic mass is 16.5. The lowest BCUT2D eigenvalue weighted by atomic mass is 10.0. The topological polar surface area (TPSA) is 38.5 Å². The maximum atomic E-state index is 6.01. The van der Waals surface area contributed by atoms with Crippen molar-refractivity contribution in [3.8, 4) is 5.75 Å². The molecule has 2 N–H and O–H groups in total. The highest BCUT2D eigenvalue weighted by Crippen LogP contribution is 2.40. The largest absolute Gasteiger partial charge is 0.485 e. The highest BCUT2D eigenvalue weighted by molar-refractivity contribution is 5.97. The Morgan fingerprint density at radius 3 is 2.78 bits per heavy atom. The molecule has 0 spiro atoms. The summed E-state index contributed by atoms with van der Waals surface area (Å²) >= 11 is 0. The summed E-state index contributed by atoms with van der Waals surface area (Å²) in [4.78, 5) is 2.28. The average molecular weight is 242 g/mol. The smallest absolute Gasteiger partial charge is 0.143 e. The van der Waals surface area contributed by atoms with Crippen molar-refractivity contribution in [1.29, 1.82) is 0 Å². The Morgan fingerprint density at radius 1 is 1.22 bits per heavy atom. The molecule has 0 radical (unpaired) electrons. The van der Waals surface area contributed by atoms with Crippen LogP contribution in [0.4, 0.5) is 5.69 Å². The van der Waals surface area contributed by atoms with Gasteiger partial charge in [0.1, 0.15) is 11.9 Å². The van der Waals surface area contributed by atoms with Gasteiger partial charge in [0.25, 0.3) is 0 Å². The molecule has 1 heterocycles. The van der Waals surface area contributed by atoms with Crippen LogP contribution in [0.15, 0.2) is 36.4 Å². The molecule has 0 saturated carbocycles. The number of nitrogens with zero attached hydrogens (tertiary/aromatic N) is 1. The van der Waals surface area contributed by atoms with Crippen molar-refractivity contribution < 1.29 is 4.74 Å². The third-order valence-electron chi connectivity index (χ3n) is 3.88. The number of rotatable bonds is 1. The van der Waals surface area contributed by atoms with Crippen molar-refractivity contribution >= 4 is 16.5 Å². The van der Waals surface area contributed by atoms with Gasteiger partial charge in [0.2, 0.25) is 0 Å². The van der Waals surface area contributed by atoms with Gasteiger partial charge in [-0.1, -0.05) is 30.3 Å². The van der Waals surface area contributed by atoms with Crippen LogP contribution in [0.5, 0.6) is 5.75 Å². The van der Waals surface area contributed by atoms with E-state index in [9.17, 15) is 0 Å². The summed E-state index contributed by atoms with van der Waals surface area (Å²) in [5.74, 6) is 0.935. The first-order valence-electron chi connectivity index (χ1n) is 6.33. The van der Waals surface area contributed by atoms with E-state index in [2.05, 4.69) is 49.2 Å². The van der Waals surface area contributed by atoms with Crippen LogP contribution < -0.4 is 15.4 Å². The Bertz CT molecular complexity index is 582. The van der Waals surface area contributed by atoms with Crippen LogP contribution in [0.2, 0.25) is 0 Å². The maximum absolute atomic E-state index is 6.01. The number of fused-ring (bicyclic) bond motifs is 3. The van der Waals surface area contributed by atoms with Gasteiger partial charge in [-0.3, -0.25) is 0 Å². The molecule has 18 heavy (non-hydrogen) atoms. The van der Waals surface area contributed by atoms with Gasteiger partial charge in [0, 0.05) is 19.0 Å². The Morgan fingerprint density at radius 2 is 2.00 bits per heavy atom. The summed E-state index contributed by atoms with van der Waals surface area (Å²) in [6.07, 6.45) is 0.0589. The Kier molecular flexibility index (Phi) is 2.63. The van der Waals surface area contributed by atoms with E-state index in [1.165, 1.54) is 16.5 Å². The second-order valence-corrected chi connectivity index (χ2v) is 4.88. The standard InChI is InChI=1S/C15H18N2O/c1-10-14(9-16)18-13-8-7-11-5-3-4-6-12(11)15(13)17(10)2/h3-8,10,14H,9,16H2,1-2H3. The first-order chi connectivity index (χ1) is 8.72. The highest BCUT2D eigenvalue weighted by Gasteiger charge is 2.30. The van der Waals surface area contributed by atoms with Gasteiger partial charge >= 0.3 is 0 Å². The van der Waals surface area contributed by atoms with E-state index in [0.717, 1.165) is 5.75 Å². The summed E-state index contributed by atoms with van der Waals surface area (Å²) in [5.41, 5.74) is 6.95. The lowest BCUT2D eigenvalue weighted by Gasteiger charge is -2.40. The average Bonchev–Trinajstić information content (AvgIpc) is 2.42. The maximum Gasteiger partial charge on any atom is 0.143 e. The molecule has 1 aliphatic rings. The number of hydrogen-bond acceptors (Lipinski definition) is 3. The minimum atomic E-state index is 0.0589. The molecule has 0 bridgehead atoms. The number of hydrogen-bond donors (Lipinski definition) is 1. The lowest BCUT2D eigenvalue weighted by molar-refractivity contribution is 0.169. The van der Waals surface area contributed by atoms with Crippen molar-refractivity contribution in [1.82, 2.24) is 0 Å². The van der Waals surface area contributed by atoms with Crippen LogP contribution in [0.1, 0.15) is 6.92 Å². The fourth-order valence-electron chi connectivity index (χ4n) is 2.65. The molecule has 2 atom stereocenters. The fraction of sp³-hybridized carbons (Fsp3) is 0.333. The van der Waals surface area contributed by atoms with Crippen molar-refractivity contribution in [3.63, 3.8) is 0 Å². The normalized spacial score (nSPS) is 22.7. The molecule has 2 aromatic carbocycles. The second kappa shape index (κ2) is 4.18. The predicted octanol–water partition coefficient (Wildman–Crippen LogP) is 2.38. The van der Waals surface area contributed by atoms with Crippen molar-refractivity contribution in [2.45, 2.75) is 19.1 Å². The molecule has 3 nitrogen and oxygen atoms in total. The monoisotopic (exact) mass is 242 g/mol. The summed E-state index contributed by atoms with van der Waals surface area (Å²) in [6.45, 7) is 2.69. The zero-order valence-corrected chi connectivity index (χ0v) is 10.8. The van der Waals surface area contributed by atoms with Gasteiger partial charge in [-0.15, -0.1) is 0 Å². The van der Waals surface area contributed by atoms with Crippen molar-refractivity contribution in [3.05, 3.63) is 36.4 Å². The van der Waals surface area contributed by atoms with Crippen LogP contribution in [-0.2, 0) is 0 Å². The molecule has 0 saturated heterocycles. The fourth-order valence-corrected chi connectivity index (χ4v) is 2.65. The van der Waals surface area contributed by atoms with E-state index in [0.29, 0.717) is 6.54 Å². The van der Waals surface area contributed by atoms with Gasteiger partial charge < -0.3 is 15.4 Å². The van der Waals surface area contributed by atoms with Crippen molar-refractivity contribution in [2.75, 3.05) is 18.5 Å². The first kappa shape index (κ1) is 11.4. The van der Waals surface area contributed by atoms with Crippen LogP contribution in [0, 0.1) is 0 Å². The Balaban J connectivity index is 2.22. The minimum absolute atomic E-state index is 0.0589. The second-order valence-electron chi connectivity index (χ2n) is 4.88. The SMILES string of the molecule is CC1C(CN)Oc2ccc3ccccc3c2N1C. The van der Waals surface area contributed by atoms with Crippen LogP contribution in [-0.4, -0.2) is 25.7 Å². The Labute approximate surface area is 107 Å². The number of likely N-dealkylation sites (N-methyl/N-ethyl adjacent to an activating group) is 1. The van der Waals surface area contributed by atoms with Crippen LogP contribution in [0.25, 0.3) is 10.8 Å². The molecule has 0 aromatic heterocycles. The molecule has 1 aliphatic heterocycles. The lowest BCUT2D eigenvalue weighted by Crippen LogP contribution is -2.49. The van der Waals surface area contributed by atoms with Gasteiger partial charge in [-0.05, 0) is 18.4 Å². The molecule has 0 aliphatic carbocycles. The van der Waals surface area contributed by atoms with E-state index >= 15 is 0 Å². The third kappa shape index (κ3) is 1.55. The van der Waals surface area contributed by atoms with Gasteiger partial charge in [-0.25, -0.2) is 0 Å². The minimum Gasteiger partial charge on any atom is -0.485 e. The molecule has 2 unspecified atom stereocenters. The number of ether oxygens (including phenoxy) is 1. The molecule has 0 amide bonds. The number of anilines is 1. The molecule has 94 valence electrons. The molecular weight excluding hydrogens is 224 g/mol. The number of nitrogens with two attached hydrogens (primary N) is 1. The zero-order chi connectivity index (χ0) is 12.7. The molecule has 3 heteroatoms. The van der Waals surface area contributed by atoms with Crippen LogP contribution in [0.3, 0.4) is 0 Å². The van der Waals surface area contributed by atoms with Gasteiger partial charge in [0.05, 0.1) is 11.7 Å². The first-order valence-corrected chi connectivity index (χ1v) is 6.33. The zero-order valence-electron chi connectivity index (χ0n) is 10.8. The van der Waals surface area contributed by atoms with E-state index < -0.39 is 0 Å². The summed E-state index contributed by atoms with van der Waals surface area (Å²) in [7, 11) is 2.11. The van der Waals surface area contributed by atoms with Gasteiger partial charge in [0.15, 0.2) is 0 Å². The third-order valence-corrected chi connectivity index (χ3v) is 3.88. The number of benzene rings is 2. The van der Waals surface area contributed by atoms with E-state index in [-0.39, 0.29) is 12.1 Å². The van der Waals surface area contributed by atoms with E-state index in [4.69, 9.17) is 10.5 Å². The Hall–Kier alpha value is -1.74. The summed E-state index contributed by atoms with van der Waals surface area (Å²) in [5, 5.41) is 2.48. The summed E-state index contributed by atoms with van der Waals surface area (Å²) in [6, 6.07) is 12.8. The molecule has 2 aromatic rings. The quantitative estimate of drug-likeness (QED) is 0.834. The molecule has 0 fully saturated rings. The van der Waals surface area contributed by atoms with Gasteiger partial charge in [-0.2, -0.15) is 0 Å². The van der Waals surface area contributed by atoms with Crippen LogP contribution >= 0.6 is 0 Å². The summed E-state index contributed by atoms with van der Waals surface area (Å²) < 4.78 is 6.01. The van der Waals surface area contributed by atoms with Crippen molar-refractivity contribution in [2.24, 2.45) is 5.73 Å². The predicted molar refractivity (Wildman–Crippen MR) is 75.3 cm³/mol. The molecular formula is C15H18N2O. The molecule has 3 rings (SSSR count). The van der Waals surface area contributed by atoms with E-state index in [1.807, 2.05) is 6.07 Å².